The molecule has 1 heterocycles. The fraction of sp³-hybridized carbons (Fsp3) is 0.333. The van der Waals surface area contributed by atoms with Crippen molar-refractivity contribution in [3.63, 3.8) is 0 Å². The molecule has 0 aliphatic carbocycles. The third-order valence-corrected chi connectivity index (χ3v) is 1.51. The second kappa shape index (κ2) is 5.92. The van der Waals surface area contributed by atoms with Crippen LogP contribution in [0.15, 0.2) is 18.2 Å². The van der Waals surface area contributed by atoms with Crippen molar-refractivity contribution in [2.45, 2.75) is 0 Å². The van der Waals surface area contributed by atoms with E-state index in [0.29, 0.717) is 19.0 Å². The van der Waals surface area contributed by atoms with Crippen LogP contribution in [0.1, 0.15) is 0 Å². The number of hydrogen-bond donors (Lipinski definition) is 2. The first-order chi connectivity index (χ1) is 7.18. The summed E-state index contributed by atoms with van der Waals surface area (Å²) in [4.78, 5) is 13.9. The van der Waals surface area contributed by atoms with E-state index in [1.54, 1.807) is 12.1 Å². The molecule has 1 rings (SSSR count). The summed E-state index contributed by atoms with van der Waals surface area (Å²) in [6.45, 7) is 0.628. The summed E-state index contributed by atoms with van der Waals surface area (Å²) < 4.78 is 17.5. The van der Waals surface area contributed by atoms with Gasteiger partial charge in [0.2, 0.25) is 11.9 Å². The first kappa shape index (κ1) is 11.4. The molecule has 6 heteroatoms. The van der Waals surface area contributed by atoms with Gasteiger partial charge in [-0.2, -0.15) is 4.39 Å². The molecule has 0 aliphatic rings. The number of nitrogens with zero attached hydrogens (tertiary/aromatic N) is 1. The third-order valence-electron chi connectivity index (χ3n) is 1.51. The lowest BCUT2D eigenvalue weighted by molar-refractivity contribution is -0.122. The van der Waals surface area contributed by atoms with Crippen LogP contribution in [0.2, 0.25) is 0 Å². The Labute approximate surface area is 86.4 Å². The number of nitrogens with two attached hydrogens (primary N) is 1. The molecule has 0 aromatic carbocycles. The van der Waals surface area contributed by atoms with Crippen molar-refractivity contribution in [2.24, 2.45) is 5.73 Å². The molecule has 5 nitrogen and oxygen atoms in total. The zero-order valence-electron chi connectivity index (χ0n) is 8.07. The fourth-order valence-electron chi connectivity index (χ4n) is 0.931. The van der Waals surface area contributed by atoms with E-state index in [0.717, 1.165) is 0 Å². The lowest BCUT2D eigenvalue weighted by Crippen LogP contribution is -2.20. The zero-order chi connectivity index (χ0) is 11.1. The minimum absolute atomic E-state index is 0.113. The number of nitrogens with one attached hydrogen (secondary N) is 1. The van der Waals surface area contributed by atoms with Crippen LogP contribution in [-0.4, -0.2) is 30.6 Å². The van der Waals surface area contributed by atoms with Gasteiger partial charge in [-0.25, -0.2) is 4.98 Å². The molecule has 0 saturated carbocycles. The summed E-state index contributed by atoms with van der Waals surface area (Å²) in [7, 11) is 0. The third kappa shape index (κ3) is 4.92. The first-order valence-electron chi connectivity index (χ1n) is 4.41. The number of rotatable bonds is 6. The van der Waals surface area contributed by atoms with Gasteiger partial charge in [0, 0.05) is 6.54 Å². The van der Waals surface area contributed by atoms with Gasteiger partial charge in [-0.3, -0.25) is 4.79 Å². The minimum atomic E-state index is -0.543. The highest BCUT2D eigenvalue weighted by molar-refractivity contribution is 5.74. The van der Waals surface area contributed by atoms with Crippen molar-refractivity contribution in [3.05, 3.63) is 24.1 Å². The summed E-state index contributed by atoms with van der Waals surface area (Å²) in [5.41, 5.74) is 4.86. The Bertz CT molecular complexity index is 333. The lowest BCUT2D eigenvalue weighted by atomic mass is 10.4. The molecule has 1 aromatic rings. The Morgan fingerprint density at radius 2 is 2.40 bits per heavy atom. The minimum Gasteiger partial charge on any atom is -0.370 e. The fourth-order valence-corrected chi connectivity index (χ4v) is 0.931. The maximum absolute atomic E-state index is 12.6. The molecule has 82 valence electrons. The summed E-state index contributed by atoms with van der Waals surface area (Å²) >= 11 is 0. The lowest BCUT2D eigenvalue weighted by Gasteiger charge is -2.05. The van der Waals surface area contributed by atoms with E-state index >= 15 is 0 Å². The SMILES string of the molecule is NC(=O)COCCNc1cccc(F)n1. The number of hydrogen-bond acceptors (Lipinski definition) is 4. The van der Waals surface area contributed by atoms with Gasteiger partial charge < -0.3 is 15.8 Å². The number of primary amides is 1. The van der Waals surface area contributed by atoms with Gasteiger partial charge in [0.1, 0.15) is 12.4 Å². The average molecular weight is 213 g/mol. The summed E-state index contributed by atoms with van der Waals surface area (Å²) in [5.74, 6) is -0.630. The Morgan fingerprint density at radius 3 is 3.07 bits per heavy atom. The van der Waals surface area contributed by atoms with E-state index < -0.39 is 11.9 Å². The van der Waals surface area contributed by atoms with Crippen LogP contribution in [0.3, 0.4) is 0 Å². The van der Waals surface area contributed by atoms with Gasteiger partial charge in [0.05, 0.1) is 6.61 Å². The van der Waals surface area contributed by atoms with Crippen molar-refractivity contribution in [3.8, 4) is 0 Å². The number of carbonyl (C=O) groups is 1. The molecular weight excluding hydrogens is 201 g/mol. The molecule has 15 heavy (non-hydrogen) atoms. The highest BCUT2D eigenvalue weighted by atomic mass is 19.1. The van der Waals surface area contributed by atoms with Crippen molar-refractivity contribution < 1.29 is 13.9 Å². The summed E-state index contributed by atoms with van der Waals surface area (Å²) in [6.07, 6.45) is 0. The van der Waals surface area contributed by atoms with Crippen LogP contribution < -0.4 is 11.1 Å². The van der Waals surface area contributed by atoms with Crippen LogP contribution in [0.4, 0.5) is 10.2 Å². The monoisotopic (exact) mass is 213 g/mol. The first-order valence-corrected chi connectivity index (χ1v) is 4.41. The standard InChI is InChI=1S/C9H12FN3O2/c10-7-2-1-3-9(13-7)12-4-5-15-6-8(11)14/h1-3H,4-6H2,(H2,11,14)(H,12,13). The van der Waals surface area contributed by atoms with Crippen molar-refractivity contribution in [1.82, 2.24) is 4.98 Å². The van der Waals surface area contributed by atoms with E-state index in [-0.39, 0.29) is 6.61 Å². The second-order valence-corrected chi connectivity index (χ2v) is 2.79. The maximum atomic E-state index is 12.6. The quantitative estimate of drug-likeness (QED) is 0.520. The molecule has 0 spiro atoms. The molecule has 0 radical (unpaired) electrons. The number of amides is 1. The van der Waals surface area contributed by atoms with Gasteiger partial charge in [-0.05, 0) is 12.1 Å². The Kier molecular flexibility index (Phi) is 4.49. The van der Waals surface area contributed by atoms with Gasteiger partial charge in [-0.15, -0.1) is 0 Å². The maximum Gasteiger partial charge on any atom is 0.243 e. The van der Waals surface area contributed by atoms with Crippen LogP contribution in [0.5, 0.6) is 0 Å². The Hall–Kier alpha value is -1.69. The van der Waals surface area contributed by atoms with Gasteiger partial charge in [0.15, 0.2) is 0 Å². The predicted octanol–water partition coefficient (Wildman–Crippen LogP) is 0.134. The number of anilines is 1. The van der Waals surface area contributed by atoms with Gasteiger partial charge in [0.25, 0.3) is 0 Å². The van der Waals surface area contributed by atoms with Crippen molar-refractivity contribution >= 4 is 11.7 Å². The normalized spacial score (nSPS) is 9.93. The van der Waals surface area contributed by atoms with E-state index in [1.807, 2.05) is 0 Å². The summed E-state index contributed by atoms with van der Waals surface area (Å²) in [6, 6.07) is 4.45. The predicted molar refractivity (Wildman–Crippen MR) is 52.7 cm³/mol. The van der Waals surface area contributed by atoms with Crippen LogP contribution in [-0.2, 0) is 9.53 Å². The Balaban J connectivity index is 2.17. The van der Waals surface area contributed by atoms with Crippen LogP contribution in [0.25, 0.3) is 0 Å². The van der Waals surface area contributed by atoms with E-state index in [4.69, 9.17) is 10.5 Å². The van der Waals surface area contributed by atoms with E-state index in [1.165, 1.54) is 6.07 Å². The molecule has 0 aliphatic heterocycles. The van der Waals surface area contributed by atoms with Crippen molar-refractivity contribution in [1.29, 1.82) is 0 Å². The van der Waals surface area contributed by atoms with Gasteiger partial charge in [-0.1, -0.05) is 6.07 Å². The van der Waals surface area contributed by atoms with Crippen LogP contribution in [0, 0.1) is 5.95 Å². The molecule has 0 saturated heterocycles. The number of halogens is 1. The van der Waals surface area contributed by atoms with E-state index in [9.17, 15) is 9.18 Å². The topological polar surface area (TPSA) is 77.2 Å². The summed E-state index contributed by atoms with van der Waals surface area (Å²) in [5, 5.41) is 2.83. The van der Waals surface area contributed by atoms with Gasteiger partial charge >= 0.3 is 0 Å². The molecule has 1 aromatic heterocycles. The molecular formula is C9H12FN3O2. The Morgan fingerprint density at radius 1 is 1.60 bits per heavy atom. The zero-order valence-corrected chi connectivity index (χ0v) is 8.07. The molecule has 1 amide bonds. The molecule has 0 unspecified atom stereocenters. The largest absolute Gasteiger partial charge is 0.370 e. The van der Waals surface area contributed by atoms with Crippen LogP contribution >= 0.6 is 0 Å². The molecule has 0 atom stereocenters. The smallest absolute Gasteiger partial charge is 0.243 e. The molecule has 3 N–H and O–H groups in total. The number of pyridine rings is 1. The highest BCUT2D eigenvalue weighted by Crippen LogP contribution is 2.02. The number of carbonyl (C=O) groups excluding carboxylic acids is 1. The number of ether oxygens (including phenoxy) is 1. The second-order valence-electron chi connectivity index (χ2n) is 2.79. The molecule has 0 fully saturated rings. The van der Waals surface area contributed by atoms with Crippen molar-refractivity contribution in [2.75, 3.05) is 25.1 Å². The molecule has 0 bridgehead atoms. The number of aromatic nitrogens is 1. The van der Waals surface area contributed by atoms with E-state index in [2.05, 4.69) is 10.3 Å². The highest BCUT2D eigenvalue weighted by Gasteiger charge is 1.96. The average Bonchev–Trinajstić information content (AvgIpc) is 2.17.